The lowest BCUT2D eigenvalue weighted by atomic mass is 10.2. The van der Waals surface area contributed by atoms with Gasteiger partial charge in [0.05, 0.1) is 17.1 Å². The van der Waals surface area contributed by atoms with Gasteiger partial charge in [-0.25, -0.2) is 4.98 Å². The maximum atomic E-state index is 6.43. The SMILES string of the molecule is Cc1ccc2c(c1)nc(C(N)c1cccs1)n2C(C)C. The fourth-order valence-electron chi connectivity index (χ4n) is 2.58. The van der Waals surface area contributed by atoms with Crippen LogP contribution in [0.15, 0.2) is 35.7 Å². The molecule has 0 spiro atoms. The summed E-state index contributed by atoms with van der Waals surface area (Å²) < 4.78 is 2.25. The molecule has 0 aliphatic rings. The molecule has 1 unspecified atom stereocenters. The summed E-state index contributed by atoms with van der Waals surface area (Å²) in [7, 11) is 0. The first-order valence-electron chi connectivity index (χ1n) is 6.85. The number of hydrogen-bond donors (Lipinski definition) is 1. The van der Waals surface area contributed by atoms with Crippen molar-refractivity contribution in [2.24, 2.45) is 5.73 Å². The van der Waals surface area contributed by atoms with E-state index in [4.69, 9.17) is 10.7 Å². The monoisotopic (exact) mass is 285 g/mol. The topological polar surface area (TPSA) is 43.8 Å². The van der Waals surface area contributed by atoms with Crippen molar-refractivity contribution in [3.8, 4) is 0 Å². The Morgan fingerprint density at radius 2 is 2.05 bits per heavy atom. The van der Waals surface area contributed by atoms with Gasteiger partial charge in [0, 0.05) is 10.9 Å². The van der Waals surface area contributed by atoms with E-state index in [1.807, 2.05) is 6.07 Å². The second-order valence-electron chi connectivity index (χ2n) is 5.42. The summed E-state index contributed by atoms with van der Waals surface area (Å²) in [6, 6.07) is 10.7. The zero-order valence-corrected chi connectivity index (χ0v) is 12.8. The molecule has 3 nitrogen and oxygen atoms in total. The number of thiophene rings is 1. The van der Waals surface area contributed by atoms with E-state index in [1.165, 1.54) is 5.56 Å². The van der Waals surface area contributed by atoms with Gasteiger partial charge in [0.2, 0.25) is 0 Å². The first-order chi connectivity index (χ1) is 9.58. The molecule has 3 aromatic rings. The predicted molar refractivity (Wildman–Crippen MR) is 85.2 cm³/mol. The molecule has 0 aliphatic carbocycles. The number of nitrogens with two attached hydrogens (primary N) is 1. The van der Waals surface area contributed by atoms with Crippen LogP contribution >= 0.6 is 11.3 Å². The molecule has 0 radical (unpaired) electrons. The second-order valence-corrected chi connectivity index (χ2v) is 6.40. The van der Waals surface area contributed by atoms with Crippen LogP contribution in [0, 0.1) is 6.92 Å². The molecule has 0 fully saturated rings. The summed E-state index contributed by atoms with van der Waals surface area (Å²) in [6.45, 7) is 6.43. The van der Waals surface area contributed by atoms with Crippen LogP contribution < -0.4 is 5.73 Å². The largest absolute Gasteiger partial charge is 0.324 e. The van der Waals surface area contributed by atoms with Crippen molar-refractivity contribution < 1.29 is 0 Å². The van der Waals surface area contributed by atoms with Crippen molar-refractivity contribution in [2.45, 2.75) is 32.9 Å². The van der Waals surface area contributed by atoms with E-state index >= 15 is 0 Å². The highest BCUT2D eigenvalue weighted by molar-refractivity contribution is 7.10. The Hall–Kier alpha value is -1.65. The van der Waals surface area contributed by atoms with Gasteiger partial charge in [-0.05, 0) is 49.9 Å². The summed E-state index contributed by atoms with van der Waals surface area (Å²) in [6.07, 6.45) is 0. The number of aromatic nitrogens is 2. The minimum absolute atomic E-state index is 0.162. The van der Waals surface area contributed by atoms with E-state index in [0.717, 1.165) is 21.7 Å². The normalized spacial score (nSPS) is 13.2. The molecule has 4 heteroatoms. The van der Waals surface area contributed by atoms with Crippen molar-refractivity contribution in [1.29, 1.82) is 0 Å². The van der Waals surface area contributed by atoms with Gasteiger partial charge in [0.25, 0.3) is 0 Å². The van der Waals surface area contributed by atoms with Crippen molar-refractivity contribution >= 4 is 22.4 Å². The molecule has 3 rings (SSSR count). The van der Waals surface area contributed by atoms with Gasteiger partial charge < -0.3 is 10.3 Å². The Balaban J connectivity index is 2.21. The molecular weight excluding hydrogens is 266 g/mol. The molecule has 1 aromatic carbocycles. The quantitative estimate of drug-likeness (QED) is 0.789. The number of fused-ring (bicyclic) bond motifs is 1. The second kappa shape index (κ2) is 5.04. The smallest absolute Gasteiger partial charge is 0.132 e. The molecule has 0 saturated heterocycles. The summed E-state index contributed by atoms with van der Waals surface area (Å²) in [4.78, 5) is 5.95. The first-order valence-corrected chi connectivity index (χ1v) is 7.73. The highest BCUT2D eigenvalue weighted by Gasteiger charge is 2.20. The number of nitrogens with zero attached hydrogens (tertiary/aromatic N) is 2. The minimum atomic E-state index is -0.162. The highest BCUT2D eigenvalue weighted by atomic mass is 32.1. The third-order valence-electron chi connectivity index (χ3n) is 3.52. The zero-order valence-electron chi connectivity index (χ0n) is 12.0. The van der Waals surface area contributed by atoms with Gasteiger partial charge in [0.1, 0.15) is 5.82 Å². The van der Waals surface area contributed by atoms with E-state index in [-0.39, 0.29) is 6.04 Å². The van der Waals surface area contributed by atoms with Crippen LogP contribution in [-0.4, -0.2) is 9.55 Å². The first kappa shape index (κ1) is 13.3. The Kier molecular flexibility index (Phi) is 3.36. The average Bonchev–Trinajstić information content (AvgIpc) is 3.04. The highest BCUT2D eigenvalue weighted by Crippen LogP contribution is 2.29. The molecule has 1 atom stereocenters. The van der Waals surface area contributed by atoms with Crippen molar-refractivity contribution in [3.63, 3.8) is 0 Å². The maximum absolute atomic E-state index is 6.43. The van der Waals surface area contributed by atoms with Crippen LogP contribution in [0.4, 0.5) is 0 Å². The molecule has 0 aliphatic heterocycles. The third-order valence-corrected chi connectivity index (χ3v) is 4.47. The molecule has 0 bridgehead atoms. The molecule has 2 heterocycles. The molecular formula is C16H19N3S. The lowest BCUT2D eigenvalue weighted by molar-refractivity contribution is 0.569. The number of hydrogen-bond acceptors (Lipinski definition) is 3. The van der Waals surface area contributed by atoms with E-state index in [2.05, 4.69) is 55.0 Å². The predicted octanol–water partition coefficient (Wildman–Crippen LogP) is 4.04. The Labute approximate surface area is 123 Å². The van der Waals surface area contributed by atoms with E-state index in [1.54, 1.807) is 11.3 Å². The Morgan fingerprint density at radius 1 is 1.25 bits per heavy atom. The van der Waals surface area contributed by atoms with Crippen LogP contribution in [0.5, 0.6) is 0 Å². The van der Waals surface area contributed by atoms with Gasteiger partial charge in [-0.1, -0.05) is 12.1 Å². The van der Waals surface area contributed by atoms with Crippen LogP contribution in [0.1, 0.15) is 42.2 Å². The molecule has 2 N–H and O–H groups in total. The molecule has 20 heavy (non-hydrogen) atoms. The average molecular weight is 285 g/mol. The summed E-state index contributed by atoms with van der Waals surface area (Å²) in [5.74, 6) is 0.947. The third kappa shape index (κ3) is 2.15. The zero-order chi connectivity index (χ0) is 14.3. The van der Waals surface area contributed by atoms with Crippen LogP contribution in [0.2, 0.25) is 0 Å². The number of imidazole rings is 1. The van der Waals surface area contributed by atoms with Gasteiger partial charge >= 0.3 is 0 Å². The fraction of sp³-hybridized carbons (Fsp3) is 0.312. The number of rotatable bonds is 3. The summed E-state index contributed by atoms with van der Waals surface area (Å²) in [5.41, 5.74) is 9.84. The van der Waals surface area contributed by atoms with Crippen molar-refractivity contribution in [1.82, 2.24) is 9.55 Å². The molecule has 0 saturated carbocycles. The molecule has 104 valence electrons. The molecule has 2 aromatic heterocycles. The van der Waals surface area contributed by atoms with Gasteiger partial charge in [-0.15, -0.1) is 11.3 Å². The fourth-order valence-corrected chi connectivity index (χ4v) is 3.31. The van der Waals surface area contributed by atoms with Crippen LogP contribution in [-0.2, 0) is 0 Å². The summed E-state index contributed by atoms with van der Waals surface area (Å²) >= 11 is 1.68. The van der Waals surface area contributed by atoms with Gasteiger partial charge in [-0.2, -0.15) is 0 Å². The minimum Gasteiger partial charge on any atom is -0.324 e. The van der Waals surface area contributed by atoms with Crippen LogP contribution in [0.3, 0.4) is 0 Å². The summed E-state index contributed by atoms with van der Waals surface area (Å²) in [5, 5.41) is 2.06. The Morgan fingerprint density at radius 3 is 2.70 bits per heavy atom. The molecule has 0 amide bonds. The maximum Gasteiger partial charge on any atom is 0.132 e. The van der Waals surface area contributed by atoms with E-state index < -0.39 is 0 Å². The lowest BCUT2D eigenvalue weighted by Crippen LogP contribution is -2.18. The Bertz CT molecular complexity index is 726. The van der Waals surface area contributed by atoms with Gasteiger partial charge in [-0.3, -0.25) is 0 Å². The van der Waals surface area contributed by atoms with Crippen molar-refractivity contribution in [2.75, 3.05) is 0 Å². The lowest BCUT2D eigenvalue weighted by Gasteiger charge is -2.16. The standard InChI is InChI=1S/C16H19N3S/c1-10(2)19-13-7-6-11(3)9-12(13)18-16(19)15(17)14-5-4-8-20-14/h4-10,15H,17H2,1-3H3. The van der Waals surface area contributed by atoms with Crippen molar-refractivity contribution in [3.05, 3.63) is 52.0 Å². The van der Waals surface area contributed by atoms with Gasteiger partial charge in [0.15, 0.2) is 0 Å². The van der Waals surface area contributed by atoms with Crippen LogP contribution in [0.25, 0.3) is 11.0 Å². The number of aryl methyl sites for hydroxylation is 1. The van der Waals surface area contributed by atoms with E-state index in [0.29, 0.717) is 6.04 Å². The number of benzene rings is 1. The van der Waals surface area contributed by atoms with E-state index in [9.17, 15) is 0 Å².